The van der Waals surface area contributed by atoms with Crippen LogP contribution >= 0.6 is 0 Å². The van der Waals surface area contributed by atoms with Crippen molar-refractivity contribution >= 4 is 40.7 Å². The van der Waals surface area contributed by atoms with E-state index in [-0.39, 0.29) is 22.5 Å². The zero-order valence-corrected chi connectivity index (χ0v) is 37.7. The molecule has 1 saturated heterocycles. The van der Waals surface area contributed by atoms with Crippen molar-refractivity contribution in [1.82, 2.24) is 10.2 Å². The molecule has 1 aliphatic heterocycles. The number of amides is 2. The highest BCUT2D eigenvalue weighted by molar-refractivity contribution is 6.75. The lowest BCUT2D eigenvalue weighted by Gasteiger charge is -2.42. The molecule has 1 fully saturated rings. The Bertz CT molecular complexity index is 1610. The summed E-state index contributed by atoms with van der Waals surface area (Å²) in [6, 6.07) is 14.2. The van der Waals surface area contributed by atoms with Crippen molar-refractivity contribution in [2.24, 2.45) is 11.8 Å². The van der Waals surface area contributed by atoms with E-state index in [2.05, 4.69) is 86.9 Å². The van der Waals surface area contributed by atoms with Crippen LogP contribution < -0.4 is 14.2 Å². The van der Waals surface area contributed by atoms with Gasteiger partial charge in [0.15, 0.2) is 0 Å². The summed E-state index contributed by atoms with van der Waals surface area (Å²) >= 11 is 0. The molecule has 0 aromatic heterocycles. The summed E-state index contributed by atoms with van der Waals surface area (Å²) in [5.41, 5.74) is 0.585. The zero-order valence-electron chi connectivity index (χ0n) is 35.7. The van der Waals surface area contributed by atoms with Gasteiger partial charge in [-0.15, -0.1) is 0 Å². The fourth-order valence-electron chi connectivity index (χ4n) is 6.07. The Kier molecular flexibility index (Phi) is 14.5. The van der Waals surface area contributed by atoms with Crippen molar-refractivity contribution in [2.45, 2.75) is 143 Å². The van der Waals surface area contributed by atoms with Crippen LogP contribution in [0.2, 0.25) is 36.3 Å². The third kappa shape index (κ3) is 11.7. The molecule has 2 aromatic carbocycles. The number of nitrogens with one attached hydrogen (secondary N) is 1. The minimum Gasteiger partial charge on any atom is -0.543 e. The molecule has 0 spiro atoms. The van der Waals surface area contributed by atoms with Gasteiger partial charge in [0.25, 0.3) is 22.5 Å². The molecule has 0 bridgehead atoms. The summed E-state index contributed by atoms with van der Waals surface area (Å²) < 4.78 is 24.7. The van der Waals surface area contributed by atoms with E-state index in [0.29, 0.717) is 36.8 Å². The molecule has 0 saturated carbocycles. The first-order valence-electron chi connectivity index (χ1n) is 19.5. The molecule has 300 valence electrons. The molecule has 1 heterocycles. The molecule has 11 heteroatoms. The van der Waals surface area contributed by atoms with E-state index in [9.17, 15) is 14.4 Å². The van der Waals surface area contributed by atoms with Crippen LogP contribution in [0.4, 0.5) is 4.79 Å². The predicted molar refractivity (Wildman–Crippen MR) is 224 cm³/mol. The predicted octanol–water partition coefficient (Wildman–Crippen LogP) is 10.5. The van der Waals surface area contributed by atoms with E-state index in [1.54, 1.807) is 23.1 Å². The van der Waals surface area contributed by atoms with Gasteiger partial charge in [0, 0.05) is 24.7 Å². The van der Waals surface area contributed by atoms with Crippen LogP contribution in [-0.2, 0) is 14.3 Å². The molecule has 9 nitrogen and oxygen atoms in total. The number of rotatable bonds is 13. The topological polar surface area (TPSA) is 103 Å². The van der Waals surface area contributed by atoms with E-state index in [1.165, 1.54) is 6.08 Å². The largest absolute Gasteiger partial charge is 0.543 e. The van der Waals surface area contributed by atoms with Crippen molar-refractivity contribution in [3.63, 3.8) is 0 Å². The average Bonchev–Trinajstić information content (AvgIpc) is 3.25. The smallest absolute Gasteiger partial charge is 0.410 e. The molecule has 0 aliphatic carbocycles. The van der Waals surface area contributed by atoms with Crippen LogP contribution in [0.15, 0.2) is 54.6 Å². The monoisotopic (exact) mass is 780 g/mol. The number of ether oxygens (including phenoxy) is 2. The van der Waals surface area contributed by atoms with Crippen molar-refractivity contribution < 1.29 is 32.7 Å². The highest BCUT2D eigenvalue weighted by Crippen LogP contribution is 2.46. The maximum Gasteiger partial charge on any atom is 0.410 e. The Hall–Kier alpha value is -3.58. The lowest BCUT2D eigenvalue weighted by molar-refractivity contribution is -0.144. The molecule has 0 unspecified atom stereocenters. The second-order valence-corrected chi connectivity index (χ2v) is 27.6. The van der Waals surface area contributed by atoms with Crippen molar-refractivity contribution in [3.05, 3.63) is 65.7 Å². The number of hydrogen-bond donors (Lipinski definition) is 1. The third-order valence-electron chi connectivity index (χ3n) is 12.2. The van der Waals surface area contributed by atoms with Gasteiger partial charge in [0.1, 0.15) is 23.2 Å². The Balaban J connectivity index is 1.76. The lowest BCUT2D eigenvalue weighted by Crippen LogP contribution is -2.51. The Labute approximate surface area is 327 Å². The zero-order chi connectivity index (χ0) is 40.9. The summed E-state index contributed by atoms with van der Waals surface area (Å²) in [6.45, 7) is 32.9. The first-order valence-corrected chi connectivity index (χ1v) is 25.3. The lowest BCUT2D eigenvalue weighted by atomic mass is 9.99. The maximum absolute atomic E-state index is 13.7. The normalized spacial score (nSPS) is 17.7. The van der Waals surface area contributed by atoms with Crippen molar-refractivity contribution in [3.8, 4) is 11.5 Å². The van der Waals surface area contributed by atoms with Gasteiger partial charge < -0.3 is 28.5 Å². The molecular weight excluding hydrogens is 713 g/mol. The molecule has 3 rings (SSSR count). The van der Waals surface area contributed by atoms with Gasteiger partial charge in [-0.3, -0.25) is 4.79 Å². The summed E-state index contributed by atoms with van der Waals surface area (Å²) in [6.07, 6.45) is 2.99. The average molecular weight is 781 g/mol. The molecule has 1 N–H and O–H groups in total. The van der Waals surface area contributed by atoms with Crippen LogP contribution in [0.1, 0.15) is 105 Å². The summed E-state index contributed by atoms with van der Waals surface area (Å²) in [7, 11) is -4.20. The van der Waals surface area contributed by atoms with Gasteiger partial charge in [-0.05, 0) is 130 Å². The van der Waals surface area contributed by atoms with Gasteiger partial charge in [0.05, 0.1) is 6.04 Å². The Morgan fingerprint density at radius 3 is 1.72 bits per heavy atom. The van der Waals surface area contributed by atoms with Crippen LogP contribution in [0.3, 0.4) is 0 Å². The van der Waals surface area contributed by atoms with Crippen LogP contribution in [0.5, 0.6) is 11.5 Å². The number of carbonyl (C=O) groups excluding carboxylic acids is 3. The number of nitrogens with zero attached hydrogens (tertiary/aromatic N) is 1. The van der Waals surface area contributed by atoms with Gasteiger partial charge >= 0.3 is 12.1 Å². The number of esters is 1. The first-order chi connectivity index (χ1) is 24.8. The molecule has 0 radical (unpaired) electrons. The van der Waals surface area contributed by atoms with Crippen LogP contribution in [-0.4, -0.2) is 70.3 Å². The second kappa shape index (κ2) is 17.5. The van der Waals surface area contributed by atoms with E-state index in [1.807, 2.05) is 57.2 Å². The number of likely N-dealkylation sites (tertiary alicyclic amines) is 1. The minimum atomic E-state index is -2.14. The van der Waals surface area contributed by atoms with Gasteiger partial charge in [-0.2, -0.15) is 0 Å². The summed E-state index contributed by atoms with van der Waals surface area (Å²) in [4.78, 5) is 41.7. The highest BCUT2D eigenvalue weighted by atomic mass is 28.4. The van der Waals surface area contributed by atoms with E-state index >= 15 is 0 Å². The number of carbonyl (C=O) groups is 3. The minimum absolute atomic E-state index is 0.0348. The van der Waals surface area contributed by atoms with E-state index < -0.39 is 46.4 Å². The molecule has 1 aliphatic rings. The number of hydrogen-bond acceptors (Lipinski definition) is 7. The molecule has 2 aromatic rings. The van der Waals surface area contributed by atoms with Gasteiger partial charge in [0.2, 0.25) is 0 Å². The first kappa shape index (κ1) is 44.8. The third-order valence-corrected chi connectivity index (χ3v) is 21.0. The van der Waals surface area contributed by atoms with E-state index in [0.717, 1.165) is 17.1 Å². The van der Waals surface area contributed by atoms with Gasteiger partial charge in [-0.25, -0.2) is 9.59 Å². The quantitative estimate of drug-likeness (QED) is 0.123. The van der Waals surface area contributed by atoms with Crippen molar-refractivity contribution in [1.29, 1.82) is 0 Å². The fraction of sp³-hybridized carbons (Fsp3) is 0.605. The Morgan fingerprint density at radius 1 is 0.778 bits per heavy atom. The highest BCUT2D eigenvalue weighted by Gasteiger charge is 2.46. The van der Waals surface area contributed by atoms with Crippen LogP contribution in [0.25, 0.3) is 6.08 Å². The fourth-order valence-corrected chi connectivity index (χ4v) is 10.8. The molecule has 54 heavy (non-hydrogen) atoms. The molecule has 2 amide bonds. The van der Waals surface area contributed by atoms with E-state index in [4.69, 9.17) is 18.3 Å². The van der Waals surface area contributed by atoms with Gasteiger partial charge in [-0.1, -0.05) is 67.5 Å². The standard InChI is InChI=1S/C43H68N2O7Si2/c1-30(2)42(8,9)53(12,13)51-34-23-18-32(19-24-34)20-27-38(46)49-37-17-16-28-45(40(48)50-41(5,6)7)29-36(37)44-39(47)33-21-25-35(26-22-33)52-54(14,15)43(10,11)31(3)4/h18-27,30-31,36-37H,16-17,28-29H2,1-15H3,(H,44,47)/b27-20+/t36-,37-/m1/s1. The SMILES string of the molecule is CC(C)C(C)(C)[Si](C)(C)Oc1ccc(/C=C/C(=O)O[C@@H]2CCCN(C(=O)OC(C)(C)C)C[C@H]2NC(=O)c2ccc(O[Si](C)(C)C(C)(C)C(C)C)cc2)cc1. The van der Waals surface area contributed by atoms with Crippen LogP contribution in [0, 0.1) is 11.8 Å². The Morgan fingerprint density at radius 2 is 1.26 bits per heavy atom. The maximum atomic E-state index is 13.7. The molecular formula is C43H68N2O7Si2. The summed E-state index contributed by atoms with van der Waals surface area (Å²) in [5.74, 6) is 1.61. The molecule has 2 atom stereocenters. The van der Waals surface area contributed by atoms with Crippen molar-refractivity contribution in [2.75, 3.05) is 13.1 Å². The second-order valence-electron chi connectivity index (χ2n) is 18.5. The summed E-state index contributed by atoms with van der Waals surface area (Å²) in [5, 5.41) is 3.18. The number of benzene rings is 2.